The first kappa shape index (κ1) is 10.4. The summed E-state index contributed by atoms with van der Waals surface area (Å²) in [5, 5.41) is 0. The molecule has 0 aromatic carbocycles. The Labute approximate surface area is 93.8 Å². The summed E-state index contributed by atoms with van der Waals surface area (Å²) in [6.45, 7) is 2.09. The smallest absolute Gasteiger partial charge is 0.238 e. The lowest BCUT2D eigenvalue weighted by molar-refractivity contribution is 0.400. The van der Waals surface area contributed by atoms with Gasteiger partial charge in [-0.05, 0) is 12.1 Å². The molecule has 0 saturated carbocycles. The quantitative estimate of drug-likeness (QED) is 0.820. The minimum Gasteiger partial charge on any atom is -0.479 e. The number of thioether (sulfide) groups is 1. The fraction of sp³-hybridized carbons (Fsp3) is 0.500. The van der Waals surface area contributed by atoms with Crippen molar-refractivity contribution in [2.45, 2.75) is 0 Å². The third-order valence-corrected chi connectivity index (χ3v) is 3.35. The van der Waals surface area contributed by atoms with Gasteiger partial charge in [-0.3, -0.25) is 0 Å². The summed E-state index contributed by atoms with van der Waals surface area (Å²) in [6.07, 6.45) is 0. The molecule has 1 fully saturated rings. The van der Waals surface area contributed by atoms with E-state index in [0.717, 1.165) is 30.4 Å². The van der Waals surface area contributed by atoms with Crippen molar-refractivity contribution in [2.24, 2.45) is 0 Å². The number of rotatable bonds is 2. The lowest BCUT2D eigenvalue weighted by Crippen LogP contribution is -2.33. The number of methoxy groups -OCH3 is 1. The van der Waals surface area contributed by atoms with Gasteiger partial charge in [-0.2, -0.15) is 16.7 Å². The van der Waals surface area contributed by atoms with Crippen LogP contribution in [0.15, 0.2) is 12.1 Å². The summed E-state index contributed by atoms with van der Waals surface area (Å²) < 4.78 is 5.11. The molecule has 4 nitrogen and oxygen atoms in total. The van der Waals surface area contributed by atoms with E-state index < -0.39 is 0 Å². The fourth-order valence-electron chi connectivity index (χ4n) is 1.57. The van der Waals surface area contributed by atoms with Gasteiger partial charge in [0.2, 0.25) is 5.88 Å². The van der Waals surface area contributed by atoms with E-state index >= 15 is 0 Å². The molecule has 1 aliphatic rings. The average Bonchev–Trinajstić information content (AvgIpc) is 2.31. The molecule has 2 N–H and O–H groups in total. The van der Waals surface area contributed by atoms with Crippen LogP contribution in [0.4, 0.5) is 11.5 Å². The highest BCUT2D eigenvalue weighted by Gasteiger charge is 2.13. The van der Waals surface area contributed by atoms with Crippen molar-refractivity contribution in [3.63, 3.8) is 0 Å². The lowest BCUT2D eigenvalue weighted by Gasteiger charge is -2.27. The monoisotopic (exact) mass is 225 g/mol. The zero-order valence-electron chi connectivity index (χ0n) is 8.77. The predicted octanol–water partition coefficient (Wildman–Crippen LogP) is 1.23. The van der Waals surface area contributed by atoms with Gasteiger partial charge in [-0.1, -0.05) is 0 Å². The van der Waals surface area contributed by atoms with Crippen LogP contribution in [0.2, 0.25) is 0 Å². The molecular formula is C10H15N3OS. The fourth-order valence-corrected chi connectivity index (χ4v) is 2.48. The lowest BCUT2D eigenvalue weighted by atomic mass is 10.3. The summed E-state index contributed by atoms with van der Waals surface area (Å²) in [7, 11) is 1.59. The van der Waals surface area contributed by atoms with Crippen LogP contribution in [-0.2, 0) is 0 Å². The maximum atomic E-state index is 5.72. The Balaban J connectivity index is 2.20. The third-order valence-electron chi connectivity index (χ3n) is 2.40. The molecule has 5 heteroatoms. The Kier molecular flexibility index (Phi) is 3.20. The molecule has 1 aromatic rings. The first-order valence-corrected chi connectivity index (χ1v) is 6.10. The SMILES string of the molecule is COc1nc(N2CCSCC2)ccc1N. The van der Waals surface area contributed by atoms with Crippen LogP contribution >= 0.6 is 11.8 Å². The van der Waals surface area contributed by atoms with Crippen molar-refractivity contribution < 1.29 is 4.74 Å². The van der Waals surface area contributed by atoms with Gasteiger partial charge in [0.15, 0.2) is 0 Å². The van der Waals surface area contributed by atoms with Crippen molar-refractivity contribution in [3.05, 3.63) is 12.1 Å². The van der Waals surface area contributed by atoms with Crippen molar-refractivity contribution in [3.8, 4) is 5.88 Å². The van der Waals surface area contributed by atoms with Gasteiger partial charge in [-0.25, -0.2) is 0 Å². The van der Waals surface area contributed by atoms with Crippen LogP contribution < -0.4 is 15.4 Å². The highest BCUT2D eigenvalue weighted by atomic mass is 32.2. The Morgan fingerprint density at radius 3 is 2.80 bits per heavy atom. The van der Waals surface area contributed by atoms with Crippen LogP contribution in [0.5, 0.6) is 5.88 Å². The second-order valence-corrected chi connectivity index (χ2v) is 4.59. The molecule has 0 bridgehead atoms. The van der Waals surface area contributed by atoms with Gasteiger partial charge < -0.3 is 15.4 Å². The molecule has 1 aliphatic heterocycles. The number of nitrogen functional groups attached to an aromatic ring is 1. The number of pyridine rings is 1. The van der Waals surface area contributed by atoms with E-state index in [1.54, 1.807) is 7.11 Å². The molecule has 0 radical (unpaired) electrons. The number of anilines is 2. The molecule has 82 valence electrons. The van der Waals surface area contributed by atoms with Crippen LogP contribution in [0.1, 0.15) is 0 Å². The summed E-state index contributed by atoms with van der Waals surface area (Å²) in [5.74, 6) is 3.80. The van der Waals surface area contributed by atoms with Crippen LogP contribution in [-0.4, -0.2) is 36.7 Å². The molecular weight excluding hydrogens is 210 g/mol. The highest BCUT2D eigenvalue weighted by Crippen LogP contribution is 2.24. The van der Waals surface area contributed by atoms with Gasteiger partial charge in [0, 0.05) is 24.6 Å². The van der Waals surface area contributed by atoms with Crippen LogP contribution in [0, 0.1) is 0 Å². The van der Waals surface area contributed by atoms with Crippen molar-refractivity contribution >= 4 is 23.3 Å². The molecule has 15 heavy (non-hydrogen) atoms. The normalized spacial score (nSPS) is 16.5. The topological polar surface area (TPSA) is 51.4 Å². The number of ether oxygens (including phenoxy) is 1. The second kappa shape index (κ2) is 4.61. The van der Waals surface area contributed by atoms with Gasteiger partial charge in [0.1, 0.15) is 5.82 Å². The van der Waals surface area contributed by atoms with E-state index in [4.69, 9.17) is 10.5 Å². The van der Waals surface area contributed by atoms with E-state index in [9.17, 15) is 0 Å². The molecule has 0 unspecified atom stereocenters. The standard InChI is InChI=1S/C10H15N3OS/c1-14-10-8(11)2-3-9(12-10)13-4-6-15-7-5-13/h2-3H,4-7,11H2,1H3. The number of hydrogen-bond acceptors (Lipinski definition) is 5. The van der Waals surface area contributed by atoms with Crippen LogP contribution in [0.3, 0.4) is 0 Å². The first-order chi connectivity index (χ1) is 7.31. The first-order valence-electron chi connectivity index (χ1n) is 4.94. The Bertz CT molecular complexity index is 339. The highest BCUT2D eigenvalue weighted by molar-refractivity contribution is 7.99. The van der Waals surface area contributed by atoms with Crippen molar-refractivity contribution in [1.82, 2.24) is 4.98 Å². The number of hydrogen-bond donors (Lipinski definition) is 1. The summed E-state index contributed by atoms with van der Waals surface area (Å²) >= 11 is 1.98. The largest absolute Gasteiger partial charge is 0.479 e. The van der Waals surface area contributed by atoms with Crippen molar-refractivity contribution in [1.29, 1.82) is 0 Å². The van der Waals surface area contributed by atoms with Gasteiger partial charge >= 0.3 is 0 Å². The average molecular weight is 225 g/mol. The van der Waals surface area contributed by atoms with E-state index in [0.29, 0.717) is 11.6 Å². The zero-order chi connectivity index (χ0) is 10.7. The number of nitrogens with zero attached hydrogens (tertiary/aromatic N) is 2. The molecule has 0 aliphatic carbocycles. The van der Waals surface area contributed by atoms with Gasteiger partial charge in [0.25, 0.3) is 0 Å². The Morgan fingerprint density at radius 1 is 1.40 bits per heavy atom. The molecule has 0 atom stereocenters. The molecule has 2 rings (SSSR count). The predicted molar refractivity (Wildman–Crippen MR) is 64.7 cm³/mol. The molecule has 0 amide bonds. The van der Waals surface area contributed by atoms with Crippen molar-refractivity contribution in [2.75, 3.05) is 42.3 Å². The van der Waals surface area contributed by atoms with Crippen LogP contribution in [0.25, 0.3) is 0 Å². The summed E-state index contributed by atoms with van der Waals surface area (Å²) in [6, 6.07) is 3.80. The molecule has 1 aromatic heterocycles. The Morgan fingerprint density at radius 2 is 2.13 bits per heavy atom. The second-order valence-electron chi connectivity index (χ2n) is 3.37. The van der Waals surface area contributed by atoms with Gasteiger partial charge in [-0.15, -0.1) is 0 Å². The summed E-state index contributed by atoms with van der Waals surface area (Å²) in [4.78, 5) is 6.65. The number of nitrogens with two attached hydrogens (primary N) is 1. The maximum absolute atomic E-state index is 5.72. The zero-order valence-corrected chi connectivity index (χ0v) is 9.59. The summed E-state index contributed by atoms with van der Waals surface area (Å²) in [5.41, 5.74) is 6.31. The van der Waals surface area contributed by atoms with E-state index in [2.05, 4.69) is 9.88 Å². The maximum Gasteiger partial charge on any atom is 0.238 e. The molecule has 1 saturated heterocycles. The minimum absolute atomic E-state index is 0.519. The van der Waals surface area contributed by atoms with E-state index in [1.165, 1.54) is 0 Å². The Hall–Kier alpha value is -1.10. The third kappa shape index (κ3) is 2.28. The van der Waals surface area contributed by atoms with E-state index in [1.807, 2.05) is 23.9 Å². The minimum atomic E-state index is 0.519. The molecule has 2 heterocycles. The number of aromatic nitrogens is 1. The van der Waals surface area contributed by atoms with E-state index in [-0.39, 0.29) is 0 Å². The van der Waals surface area contributed by atoms with Gasteiger partial charge in [0.05, 0.1) is 12.8 Å². The molecule has 0 spiro atoms.